The summed E-state index contributed by atoms with van der Waals surface area (Å²) in [5.74, 6) is -1.32. The lowest BCUT2D eigenvalue weighted by molar-refractivity contribution is -0.136. The number of carbonyl (C=O) groups is 2. The van der Waals surface area contributed by atoms with Crippen LogP contribution in [0.1, 0.15) is 12.5 Å². The smallest absolute Gasteiger partial charge is 0.329 e. The Bertz CT molecular complexity index is 809. The Balaban J connectivity index is 1.97. The Morgan fingerprint density at radius 3 is 2.64 bits per heavy atom. The molecule has 2 amide bonds. The van der Waals surface area contributed by atoms with Gasteiger partial charge in [-0.3, -0.25) is 9.59 Å². The number of benzene rings is 2. The van der Waals surface area contributed by atoms with E-state index < -0.39 is 11.8 Å². The Morgan fingerprint density at radius 1 is 1.16 bits per heavy atom. The Labute approximate surface area is 154 Å². The summed E-state index contributed by atoms with van der Waals surface area (Å²) in [6, 6.07) is 11.6. The minimum Gasteiger partial charge on any atom is -0.492 e. The molecule has 0 aromatic heterocycles. The number of nitrogens with one attached hydrogen (secondary N) is 2. The maximum Gasteiger partial charge on any atom is 0.329 e. The van der Waals surface area contributed by atoms with Crippen LogP contribution in [0.15, 0.2) is 47.6 Å². The van der Waals surface area contributed by atoms with Gasteiger partial charge in [-0.2, -0.15) is 5.10 Å². The second-order valence-corrected chi connectivity index (χ2v) is 5.59. The van der Waals surface area contributed by atoms with E-state index in [1.165, 1.54) is 6.21 Å². The molecule has 0 heterocycles. The maximum absolute atomic E-state index is 11.9. The standard InChI is InChI=1S/C17H15Cl2N3O3/c1-2-25-15-6-4-3-5-14(15)21-16(23)17(24)22-20-10-11-7-8-12(18)9-13(11)19/h3-10H,2H2,1H3,(H,21,23)(H,22,24). The van der Waals surface area contributed by atoms with Crippen LogP contribution in [0.4, 0.5) is 5.69 Å². The second-order valence-electron chi connectivity index (χ2n) is 4.75. The third-order valence-corrected chi connectivity index (χ3v) is 3.54. The summed E-state index contributed by atoms with van der Waals surface area (Å²) in [5.41, 5.74) is 3.08. The number of nitrogens with zero attached hydrogens (tertiary/aromatic N) is 1. The van der Waals surface area contributed by atoms with E-state index in [4.69, 9.17) is 27.9 Å². The zero-order valence-corrected chi connectivity index (χ0v) is 14.8. The molecule has 6 nitrogen and oxygen atoms in total. The minimum atomic E-state index is -0.923. The summed E-state index contributed by atoms with van der Waals surface area (Å²) in [7, 11) is 0. The topological polar surface area (TPSA) is 79.8 Å². The molecule has 0 aliphatic rings. The lowest BCUT2D eigenvalue weighted by atomic mass is 10.2. The number of carbonyl (C=O) groups excluding carboxylic acids is 2. The molecule has 0 saturated heterocycles. The predicted molar refractivity (Wildman–Crippen MR) is 98.4 cm³/mol. The van der Waals surface area contributed by atoms with Crippen molar-refractivity contribution >= 4 is 46.9 Å². The van der Waals surface area contributed by atoms with Crippen LogP contribution >= 0.6 is 23.2 Å². The second kappa shape index (κ2) is 9.05. The molecule has 0 bridgehead atoms. The summed E-state index contributed by atoms with van der Waals surface area (Å²) >= 11 is 11.8. The largest absolute Gasteiger partial charge is 0.492 e. The summed E-state index contributed by atoms with van der Waals surface area (Å²) in [6.45, 7) is 2.26. The highest BCUT2D eigenvalue weighted by Crippen LogP contribution is 2.23. The van der Waals surface area contributed by atoms with Gasteiger partial charge in [-0.1, -0.05) is 41.4 Å². The van der Waals surface area contributed by atoms with E-state index in [2.05, 4.69) is 15.8 Å². The van der Waals surface area contributed by atoms with Crippen LogP contribution in [-0.4, -0.2) is 24.6 Å². The number of hydrogen-bond acceptors (Lipinski definition) is 4. The molecule has 130 valence electrons. The van der Waals surface area contributed by atoms with Crippen molar-refractivity contribution in [3.8, 4) is 5.75 Å². The fourth-order valence-corrected chi connectivity index (χ4v) is 2.31. The highest BCUT2D eigenvalue weighted by Gasteiger charge is 2.15. The van der Waals surface area contributed by atoms with Crippen molar-refractivity contribution in [2.45, 2.75) is 6.92 Å². The van der Waals surface area contributed by atoms with Gasteiger partial charge in [0.15, 0.2) is 0 Å². The third kappa shape index (κ3) is 5.48. The van der Waals surface area contributed by atoms with Crippen molar-refractivity contribution in [3.05, 3.63) is 58.1 Å². The first kappa shape index (κ1) is 18.8. The highest BCUT2D eigenvalue weighted by atomic mass is 35.5. The quantitative estimate of drug-likeness (QED) is 0.474. The molecule has 0 unspecified atom stereocenters. The number of anilines is 1. The van der Waals surface area contributed by atoms with Crippen molar-refractivity contribution in [1.82, 2.24) is 5.43 Å². The van der Waals surface area contributed by atoms with Gasteiger partial charge in [-0.15, -0.1) is 0 Å². The van der Waals surface area contributed by atoms with Crippen molar-refractivity contribution in [2.75, 3.05) is 11.9 Å². The van der Waals surface area contributed by atoms with Crippen LogP contribution < -0.4 is 15.5 Å². The molecule has 2 rings (SSSR count). The van der Waals surface area contributed by atoms with Gasteiger partial charge in [0.1, 0.15) is 5.75 Å². The van der Waals surface area contributed by atoms with Crippen molar-refractivity contribution in [2.24, 2.45) is 5.10 Å². The molecule has 2 N–H and O–H groups in total. The molecule has 0 aliphatic carbocycles. The first-order valence-electron chi connectivity index (χ1n) is 7.32. The molecule has 0 atom stereocenters. The number of para-hydroxylation sites is 2. The van der Waals surface area contributed by atoms with Crippen molar-refractivity contribution < 1.29 is 14.3 Å². The van der Waals surface area contributed by atoms with E-state index in [1.807, 2.05) is 6.92 Å². The lowest BCUT2D eigenvalue weighted by Crippen LogP contribution is -2.32. The van der Waals surface area contributed by atoms with E-state index in [9.17, 15) is 9.59 Å². The molecule has 0 spiro atoms. The molecule has 0 fully saturated rings. The predicted octanol–water partition coefficient (Wildman–Crippen LogP) is 3.48. The monoisotopic (exact) mass is 379 g/mol. The van der Waals surface area contributed by atoms with Crippen LogP contribution in [0.5, 0.6) is 5.75 Å². The first-order valence-corrected chi connectivity index (χ1v) is 8.08. The summed E-state index contributed by atoms with van der Waals surface area (Å²) < 4.78 is 5.38. The molecule has 25 heavy (non-hydrogen) atoms. The minimum absolute atomic E-state index is 0.376. The summed E-state index contributed by atoms with van der Waals surface area (Å²) in [6.07, 6.45) is 1.32. The molecule has 0 radical (unpaired) electrons. The molecule has 2 aromatic rings. The zero-order chi connectivity index (χ0) is 18.2. The maximum atomic E-state index is 11.9. The van der Waals surface area contributed by atoms with E-state index in [0.29, 0.717) is 33.7 Å². The van der Waals surface area contributed by atoms with Crippen molar-refractivity contribution in [3.63, 3.8) is 0 Å². The Morgan fingerprint density at radius 2 is 1.92 bits per heavy atom. The number of amides is 2. The van der Waals surface area contributed by atoms with Gasteiger partial charge in [0, 0.05) is 10.6 Å². The van der Waals surface area contributed by atoms with E-state index in [-0.39, 0.29) is 0 Å². The molecule has 0 aliphatic heterocycles. The van der Waals surface area contributed by atoms with Gasteiger partial charge in [0.25, 0.3) is 0 Å². The zero-order valence-electron chi connectivity index (χ0n) is 13.3. The van der Waals surface area contributed by atoms with Crippen LogP contribution in [0.3, 0.4) is 0 Å². The average molecular weight is 380 g/mol. The number of hydrogen-bond donors (Lipinski definition) is 2. The SMILES string of the molecule is CCOc1ccccc1NC(=O)C(=O)NN=Cc1ccc(Cl)cc1Cl. The van der Waals surface area contributed by atoms with Crippen LogP contribution in [-0.2, 0) is 9.59 Å². The summed E-state index contributed by atoms with van der Waals surface area (Å²) in [5, 5.41) is 7.04. The molecular formula is C17H15Cl2N3O3. The van der Waals surface area contributed by atoms with Crippen molar-refractivity contribution in [1.29, 1.82) is 0 Å². The number of rotatable bonds is 5. The van der Waals surface area contributed by atoms with E-state index in [1.54, 1.807) is 42.5 Å². The molecule has 2 aromatic carbocycles. The fraction of sp³-hybridized carbons (Fsp3) is 0.118. The van der Waals surface area contributed by atoms with Gasteiger partial charge in [0.05, 0.1) is 23.5 Å². The highest BCUT2D eigenvalue weighted by molar-refractivity contribution is 6.40. The van der Waals surface area contributed by atoms with Gasteiger partial charge >= 0.3 is 11.8 Å². The van der Waals surface area contributed by atoms with Crippen LogP contribution in [0.25, 0.3) is 0 Å². The lowest BCUT2D eigenvalue weighted by Gasteiger charge is -2.10. The number of ether oxygens (including phenoxy) is 1. The molecule has 0 saturated carbocycles. The van der Waals surface area contributed by atoms with E-state index in [0.717, 1.165) is 0 Å². The average Bonchev–Trinajstić information content (AvgIpc) is 2.58. The summed E-state index contributed by atoms with van der Waals surface area (Å²) in [4.78, 5) is 23.7. The molecular weight excluding hydrogens is 365 g/mol. The normalized spacial score (nSPS) is 10.5. The van der Waals surface area contributed by atoms with Gasteiger partial charge in [-0.25, -0.2) is 5.43 Å². The third-order valence-electron chi connectivity index (χ3n) is 2.97. The van der Waals surface area contributed by atoms with Crippen LogP contribution in [0.2, 0.25) is 10.0 Å². The number of halogens is 2. The van der Waals surface area contributed by atoms with E-state index >= 15 is 0 Å². The van der Waals surface area contributed by atoms with Crippen LogP contribution in [0, 0.1) is 0 Å². The van der Waals surface area contributed by atoms with Gasteiger partial charge in [0.2, 0.25) is 0 Å². The number of hydrazone groups is 1. The fourth-order valence-electron chi connectivity index (χ4n) is 1.85. The Hall–Kier alpha value is -2.57. The molecule has 8 heteroatoms. The first-order chi connectivity index (χ1) is 12.0. The Kier molecular flexibility index (Phi) is 6.80. The van der Waals surface area contributed by atoms with Gasteiger partial charge < -0.3 is 10.1 Å². The van der Waals surface area contributed by atoms with Gasteiger partial charge in [-0.05, 0) is 31.2 Å².